The normalized spacial score (nSPS) is 11.3. The maximum absolute atomic E-state index is 9.27. The molecule has 0 aliphatic rings. The molecule has 0 aliphatic heterocycles. The first-order valence-electron chi connectivity index (χ1n) is 4.98. The average molecular weight is 266 g/mol. The van der Waals surface area contributed by atoms with Crippen LogP contribution in [0, 0.1) is 0 Å². The van der Waals surface area contributed by atoms with Crippen molar-refractivity contribution in [2.75, 3.05) is 0 Å². The number of phenolic OH excluding ortho intramolecular Hbond substituents is 1. The van der Waals surface area contributed by atoms with E-state index < -0.39 is 0 Å². The van der Waals surface area contributed by atoms with Crippen molar-refractivity contribution in [3.05, 3.63) is 29.8 Å². The van der Waals surface area contributed by atoms with Gasteiger partial charge in [-0.3, -0.25) is 5.21 Å². The topological polar surface area (TPSA) is 171 Å². The minimum Gasteiger partial charge on any atom is -0.508 e. The smallest absolute Gasteiger partial charge is 0.239 e. The minimum atomic E-state index is -0.363. The van der Waals surface area contributed by atoms with E-state index >= 15 is 0 Å². The van der Waals surface area contributed by atoms with Gasteiger partial charge in [0.25, 0.3) is 0 Å². The molecule has 0 atom stereocenters. The van der Waals surface area contributed by atoms with Crippen LogP contribution in [0.3, 0.4) is 0 Å². The van der Waals surface area contributed by atoms with E-state index in [1.165, 1.54) is 18.3 Å². The second-order valence-electron chi connectivity index (χ2n) is 3.23. The fourth-order valence-corrected chi connectivity index (χ4v) is 1.02. The maximum atomic E-state index is 9.27. The van der Waals surface area contributed by atoms with Gasteiger partial charge in [0.2, 0.25) is 11.9 Å². The fraction of sp³-hybridized carbons (Fsp3) is 0. The molecule has 0 saturated heterocycles. The van der Waals surface area contributed by atoms with Crippen molar-refractivity contribution in [3.8, 4) is 5.75 Å². The van der Waals surface area contributed by atoms with Gasteiger partial charge >= 0.3 is 0 Å². The van der Waals surface area contributed by atoms with Gasteiger partial charge in [0, 0.05) is 0 Å². The van der Waals surface area contributed by atoms with Crippen molar-refractivity contribution in [1.29, 1.82) is 0 Å². The van der Waals surface area contributed by atoms with Crippen LogP contribution in [0.5, 0.6) is 5.75 Å². The summed E-state index contributed by atoms with van der Waals surface area (Å²) in [7, 11) is 0. The van der Waals surface area contributed by atoms with E-state index in [-0.39, 0.29) is 17.7 Å². The zero-order valence-electron chi connectivity index (χ0n) is 9.80. The quantitative estimate of drug-likeness (QED) is 0.217. The van der Waals surface area contributed by atoms with Gasteiger partial charge in [-0.2, -0.15) is 0 Å². The molecule has 102 valence electrons. The Kier molecular flexibility index (Phi) is 4.93. The van der Waals surface area contributed by atoms with Gasteiger partial charge in [-0.25, -0.2) is 5.48 Å². The lowest BCUT2D eigenvalue weighted by atomic mass is 10.2. The van der Waals surface area contributed by atoms with Gasteiger partial charge < -0.3 is 22.3 Å². The van der Waals surface area contributed by atoms with E-state index in [1.807, 2.05) is 0 Å². The van der Waals surface area contributed by atoms with E-state index in [9.17, 15) is 5.11 Å². The van der Waals surface area contributed by atoms with Gasteiger partial charge in [-0.15, -0.1) is 5.10 Å². The van der Waals surface area contributed by atoms with Gasteiger partial charge in [0.05, 0.1) is 6.21 Å². The number of rotatable bonds is 4. The molecule has 0 heterocycles. The molecule has 19 heavy (non-hydrogen) atoms. The Morgan fingerprint density at radius 3 is 2.58 bits per heavy atom. The third-order valence-electron chi connectivity index (χ3n) is 1.70. The van der Waals surface area contributed by atoms with E-state index in [0.29, 0.717) is 10.8 Å². The first-order chi connectivity index (χ1) is 9.01. The van der Waals surface area contributed by atoms with Gasteiger partial charge in [-0.1, -0.05) is 27.6 Å². The first kappa shape index (κ1) is 14.1. The van der Waals surface area contributed by atoms with Crippen molar-refractivity contribution >= 4 is 18.1 Å². The van der Waals surface area contributed by atoms with Crippen LogP contribution < -0.4 is 22.7 Å². The van der Waals surface area contributed by atoms with Gasteiger partial charge in [-0.05, 0) is 17.7 Å². The Morgan fingerprint density at radius 2 is 2.00 bits per heavy atom. The van der Waals surface area contributed by atoms with Crippen LogP contribution in [-0.4, -0.2) is 33.7 Å². The van der Waals surface area contributed by atoms with E-state index in [4.69, 9.17) is 22.4 Å². The molecule has 1 rings (SSSR count). The number of nitrogens with one attached hydrogen (secondary N) is 1. The standard InChI is InChI=1S/C9H14N8O2/c10-8(11)14-17(15-9(12)16-19)13-5-6-2-1-3-7(18)4-6/h1-5,18-19H,(H4,10,11,14)(H3,12,15,16). The van der Waals surface area contributed by atoms with Crippen LogP contribution >= 0.6 is 0 Å². The molecule has 0 radical (unpaired) electrons. The highest BCUT2D eigenvalue weighted by Gasteiger charge is 1.98. The monoisotopic (exact) mass is 266 g/mol. The Balaban J connectivity index is 2.91. The Hall–Kier alpha value is -3.01. The summed E-state index contributed by atoms with van der Waals surface area (Å²) in [6, 6.07) is 6.30. The molecule has 1 aromatic carbocycles. The fourth-order valence-electron chi connectivity index (χ4n) is 1.02. The molecule has 10 heteroatoms. The number of hydroxylamine groups is 1. The molecule has 0 aliphatic carbocycles. The van der Waals surface area contributed by atoms with Crippen LogP contribution in [-0.2, 0) is 0 Å². The highest BCUT2D eigenvalue weighted by molar-refractivity contribution is 5.80. The van der Waals surface area contributed by atoms with Crippen LogP contribution in [0.4, 0.5) is 0 Å². The van der Waals surface area contributed by atoms with E-state index in [0.717, 1.165) is 0 Å². The summed E-state index contributed by atoms with van der Waals surface area (Å²) in [5.41, 5.74) is 17.8. The summed E-state index contributed by atoms with van der Waals surface area (Å²) in [6.45, 7) is 0. The third-order valence-corrected chi connectivity index (χ3v) is 1.70. The molecular weight excluding hydrogens is 252 g/mol. The van der Waals surface area contributed by atoms with Gasteiger partial charge in [0.1, 0.15) is 5.75 Å². The SMILES string of the molecule is NC(N)=NN(N=Cc1cccc(O)c1)N=C(N)NO. The molecular formula is C9H14N8O2. The lowest BCUT2D eigenvalue weighted by Crippen LogP contribution is -2.32. The summed E-state index contributed by atoms with van der Waals surface area (Å²) in [5.74, 6) is -0.585. The largest absolute Gasteiger partial charge is 0.508 e. The van der Waals surface area contributed by atoms with E-state index in [2.05, 4.69) is 15.3 Å². The molecule has 0 fully saturated rings. The number of nitrogens with two attached hydrogens (primary N) is 3. The molecule has 0 saturated carbocycles. The Bertz CT molecular complexity index is 509. The van der Waals surface area contributed by atoms with Crippen LogP contribution in [0.25, 0.3) is 0 Å². The van der Waals surface area contributed by atoms with Crippen molar-refractivity contribution in [2.45, 2.75) is 0 Å². The predicted molar refractivity (Wildman–Crippen MR) is 69.9 cm³/mol. The number of nitrogens with zero attached hydrogens (tertiary/aromatic N) is 4. The van der Waals surface area contributed by atoms with Crippen LogP contribution in [0.2, 0.25) is 0 Å². The van der Waals surface area contributed by atoms with Crippen molar-refractivity contribution in [2.24, 2.45) is 32.5 Å². The summed E-state index contributed by atoms with van der Waals surface area (Å²) >= 11 is 0. The van der Waals surface area contributed by atoms with E-state index in [1.54, 1.807) is 17.6 Å². The summed E-state index contributed by atoms with van der Waals surface area (Å²) in [6.07, 6.45) is 1.33. The lowest BCUT2D eigenvalue weighted by molar-refractivity contribution is 0.224. The van der Waals surface area contributed by atoms with Crippen LogP contribution in [0.1, 0.15) is 5.56 Å². The highest BCUT2D eigenvalue weighted by Crippen LogP contribution is 2.09. The maximum Gasteiger partial charge on any atom is 0.239 e. The number of hydrogen-bond acceptors (Lipinski definition) is 6. The highest BCUT2D eigenvalue weighted by atomic mass is 16.5. The van der Waals surface area contributed by atoms with Crippen molar-refractivity contribution in [3.63, 3.8) is 0 Å². The second-order valence-corrected chi connectivity index (χ2v) is 3.23. The molecule has 0 spiro atoms. The molecule has 1 aromatic rings. The number of aromatic hydroxyl groups is 1. The van der Waals surface area contributed by atoms with Crippen molar-refractivity contribution < 1.29 is 10.3 Å². The average Bonchev–Trinajstić information content (AvgIpc) is 2.35. The number of hydrazone groups is 3. The third kappa shape index (κ3) is 5.23. The summed E-state index contributed by atoms with van der Waals surface area (Å²) in [4.78, 5) is 0. The summed E-state index contributed by atoms with van der Waals surface area (Å²) in [5, 5.41) is 29.3. The predicted octanol–water partition coefficient (Wildman–Crippen LogP) is -1.57. The molecule has 10 nitrogen and oxygen atoms in total. The molecule has 0 aromatic heterocycles. The molecule has 0 amide bonds. The first-order valence-corrected chi connectivity index (χ1v) is 4.98. The number of phenols is 1. The minimum absolute atomic E-state index is 0.0809. The molecule has 0 unspecified atom stereocenters. The number of hydrogen-bond donors (Lipinski definition) is 6. The zero-order chi connectivity index (χ0) is 14.3. The number of guanidine groups is 2. The molecule has 0 bridgehead atoms. The second kappa shape index (κ2) is 6.66. The zero-order valence-corrected chi connectivity index (χ0v) is 9.80. The molecule has 9 N–H and O–H groups in total. The van der Waals surface area contributed by atoms with Gasteiger partial charge in [0.15, 0.2) is 0 Å². The number of benzene rings is 1. The Morgan fingerprint density at radius 1 is 1.26 bits per heavy atom. The summed E-state index contributed by atoms with van der Waals surface area (Å²) < 4.78 is 0. The lowest BCUT2D eigenvalue weighted by Gasteiger charge is -2.07. The van der Waals surface area contributed by atoms with Crippen molar-refractivity contribution in [1.82, 2.24) is 10.7 Å². The van der Waals surface area contributed by atoms with Crippen LogP contribution in [0.15, 0.2) is 39.6 Å². The Labute approximate surface area is 108 Å².